The second-order valence-electron chi connectivity index (χ2n) is 20.4. The molecule has 1 saturated heterocycles. The average Bonchev–Trinajstić information content (AvgIpc) is 3.55. The van der Waals surface area contributed by atoms with Gasteiger partial charge in [-0.1, -0.05) is 67.7 Å². The van der Waals surface area contributed by atoms with Gasteiger partial charge in [-0.2, -0.15) is 0 Å². The van der Waals surface area contributed by atoms with Crippen molar-refractivity contribution in [1.82, 2.24) is 4.90 Å². The summed E-state index contributed by atoms with van der Waals surface area (Å²) < 4.78 is 17.4. The van der Waals surface area contributed by atoms with Crippen molar-refractivity contribution in [3.05, 3.63) is 0 Å². The van der Waals surface area contributed by atoms with Gasteiger partial charge in [0.25, 0.3) is 0 Å². The van der Waals surface area contributed by atoms with Gasteiger partial charge in [0.2, 0.25) is 5.91 Å². The van der Waals surface area contributed by atoms with Gasteiger partial charge in [-0.15, -0.1) is 0 Å². The van der Waals surface area contributed by atoms with Gasteiger partial charge in [0.15, 0.2) is 0 Å². The van der Waals surface area contributed by atoms with Crippen LogP contribution < -0.4 is 0 Å². The third kappa shape index (κ3) is 7.48. The second kappa shape index (κ2) is 16.1. The van der Waals surface area contributed by atoms with Gasteiger partial charge in [-0.3, -0.25) is 14.4 Å². The number of amides is 1. The second-order valence-corrected chi connectivity index (χ2v) is 20.4. The number of hydrogen-bond acceptors (Lipinski definition) is 6. The smallest absolute Gasteiger partial charge is 0.309 e. The van der Waals surface area contributed by atoms with E-state index in [1.807, 2.05) is 0 Å². The first-order chi connectivity index (χ1) is 24.9. The molecule has 5 saturated carbocycles. The van der Waals surface area contributed by atoms with E-state index in [4.69, 9.17) is 14.2 Å². The molecule has 6 rings (SSSR count). The van der Waals surface area contributed by atoms with E-state index in [9.17, 15) is 19.5 Å². The van der Waals surface area contributed by atoms with Crippen LogP contribution in [0.2, 0.25) is 0 Å². The molecule has 1 aliphatic heterocycles. The first-order valence-corrected chi connectivity index (χ1v) is 21.7. The van der Waals surface area contributed by atoms with Crippen LogP contribution in [0.5, 0.6) is 0 Å². The highest BCUT2D eigenvalue weighted by atomic mass is 16.5. The highest BCUT2D eigenvalue weighted by molar-refractivity contribution is 5.84. The predicted molar refractivity (Wildman–Crippen MR) is 209 cm³/mol. The summed E-state index contributed by atoms with van der Waals surface area (Å²) in [6.07, 6.45) is 16.7. The molecule has 8 nitrogen and oxygen atoms in total. The maximum atomic E-state index is 14.6. The number of carbonyl (C=O) groups excluding carboxylic acids is 2. The molecule has 0 aromatic carbocycles. The summed E-state index contributed by atoms with van der Waals surface area (Å²) in [4.78, 5) is 41.5. The fourth-order valence-corrected chi connectivity index (χ4v) is 13.6. The Balaban J connectivity index is 0.00000129. The number of likely N-dealkylation sites (tertiary alicyclic amines) is 1. The molecule has 0 aromatic rings. The van der Waals surface area contributed by atoms with E-state index in [2.05, 4.69) is 53.4 Å². The van der Waals surface area contributed by atoms with Crippen LogP contribution in [-0.4, -0.2) is 73.5 Å². The number of rotatable bonds is 10. The number of nitrogens with zero attached hydrogens (tertiary/aromatic N) is 1. The van der Waals surface area contributed by atoms with E-state index < -0.39 is 11.4 Å². The van der Waals surface area contributed by atoms with Crippen LogP contribution in [0.25, 0.3) is 0 Å². The first kappa shape index (κ1) is 42.5. The third-order valence-corrected chi connectivity index (χ3v) is 17.0. The van der Waals surface area contributed by atoms with Crippen molar-refractivity contribution in [2.75, 3.05) is 33.4 Å². The maximum absolute atomic E-state index is 14.6. The minimum Gasteiger partial charge on any atom is -0.481 e. The summed E-state index contributed by atoms with van der Waals surface area (Å²) in [6, 6.07) is 0. The fourth-order valence-electron chi connectivity index (χ4n) is 13.6. The molecule has 304 valence electrons. The van der Waals surface area contributed by atoms with E-state index >= 15 is 0 Å². The molecule has 0 bridgehead atoms. The molecule has 8 heteroatoms. The van der Waals surface area contributed by atoms with Crippen LogP contribution in [0, 0.1) is 56.2 Å². The molecule has 0 aromatic heterocycles. The van der Waals surface area contributed by atoms with Gasteiger partial charge < -0.3 is 24.2 Å². The Bertz CT molecular complexity index is 1300. The molecule has 0 spiro atoms. The summed E-state index contributed by atoms with van der Waals surface area (Å²) >= 11 is 0. The predicted octanol–water partition coefficient (Wildman–Crippen LogP) is 9.71. The van der Waals surface area contributed by atoms with Gasteiger partial charge in [0, 0.05) is 25.6 Å². The minimum absolute atomic E-state index is 0.107. The molecule has 1 N–H and O–H groups in total. The topological polar surface area (TPSA) is 102 Å². The molecule has 6 fully saturated rings. The number of carboxylic acids is 1. The van der Waals surface area contributed by atoms with Crippen molar-refractivity contribution in [1.29, 1.82) is 0 Å². The standard InChI is InChI=1S/C41H67NO7.C4H10/c1-36(2,35(45)46)26-33(43)49-32-14-18-38(5)30(37(32,3)4)13-19-40(7)31(38)12-11-28-29-10-9-17-41(29,21-20-39(28,40)6)34(44)42-22-15-27(16-23-42)48-25-24-47-8;1-3-4-2/h27-32H,9-26H2,1-8H3,(H,45,46);3-4H2,1-2H3/t28?,29?,30?,31?,32?,38?,39-,40?,41?;/m1./s1. The van der Waals surface area contributed by atoms with Gasteiger partial charge in [-0.25, -0.2) is 0 Å². The van der Waals surface area contributed by atoms with Crippen molar-refractivity contribution in [3.8, 4) is 0 Å². The number of carbonyl (C=O) groups is 3. The van der Waals surface area contributed by atoms with Crippen LogP contribution in [0.4, 0.5) is 0 Å². The SMILES string of the molecule is CCCC.COCCOC1CCN(C(=O)C23CCCC2C2CCC4C5(C)CCC(OC(=O)CC(C)(C)C(=O)O)C(C)(C)C5CCC4(C)[C@]2(C)CC3)CC1. The van der Waals surface area contributed by atoms with E-state index in [0.29, 0.717) is 42.8 Å². The molecule has 8 unspecified atom stereocenters. The van der Waals surface area contributed by atoms with Gasteiger partial charge in [0.05, 0.1) is 36.6 Å². The van der Waals surface area contributed by atoms with E-state index in [-0.39, 0.29) is 51.7 Å². The normalized spacial score (nSPS) is 39.4. The van der Waals surface area contributed by atoms with E-state index in [0.717, 1.165) is 64.5 Å². The fraction of sp³-hybridized carbons (Fsp3) is 0.933. The summed E-state index contributed by atoms with van der Waals surface area (Å²) in [5.74, 6) is 1.21. The number of aliphatic carboxylic acids is 1. The Morgan fingerprint density at radius 3 is 2.06 bits per heavy atom. The number of carboxylic acid groups (broad SMARTS) is 1. The maximum Gasteiger partial charge on any atom is 0.309 e. The zero-order chi connectivity index (χ0) is 39.0. The number of esters is 1. The lowest BCUT2D eigenvalue weighted by molar-refractivity contribution is -0.248. The molecule has 1 heterocycles. The van der Waals surface area contributed by atoms with Crippen LogP contribution in [-0.2, 0) is 28.6 Å². The zero-order valence-electron chi connectivity index (χ0n) is 35.5. The first-order valence-electron chi connectivity index (χ1n) is 21.7. The summed E-state index contributed by atoms with van der Waals surface area (Å²) in [5.41, 5.74) is -0.928. The Hall–Kier alpha value is -1.67. The van der Waals surface area contributed by atoms with Crippen LogP contribution >= 0.6 is 0 Å². The van der Waals surface area contributed by atoms with Crippen molar-refractivity contribution in [2.24, 2.45) is 56.2 Å². The lowest BCUT2D eigenvalue weighted by atomic mass is 9.32. The monoisotopic (exact) mass is 744 g/mol. The average molecular weight is 744 g/mol. The quantitative estimate of drug-likeness (QED) is 0.176. The van der Waals surface area contributed by atoms with Crippen molar-refractivity contribution >= 4 is 17.8 Å². The van der Waals surface area contributed by atoms with Gasteiger partial charge in [0.1, 0.15) is 6.10 Å². The minimum atomic E-state index is -1.14. The van der Waals surface area contributed by atoms with Crippen LogP contribution in [0.1, 0.15) is 165 Å². The Morgan fingerprint density at radius 1 is 0.755 bits per heavy atom. The lowest BCUT2D eigenvalue weighted by Gasteiger charge is -2.72. The highest BCUT2D eigenvalue weighted by Crippen LogP contribution is 2.77. The third-order valence-electron chi connectivity index (χ3n) is 17.0. The zero-order valence-corrected chi connectivity index (χ0v) is 35.5. The lowest BCUT2D eigenvalue weighted by Crippen LogP contribution is -2.67. The number of piperidine rings is 1. The van der Waals surface area contributed by atoms with Crippen molar-refractivity contribution in [2.45, 2.75) is 177 Å². The van der Waals surface area contributed by atoms with Crippen LogP contribution in [0.3, 0.4) is 0 Å². The summed E-state index contributed by atoms with van der Waals surface area (Å²) in [5, 5.41) is 9.58. The van der Waals surface area contributed by atoms with Gasteiger partial charge >= 0.3 is 11.9 Å². The number of unbranched alkanes of at least 4 members (excludes halogenated alkanes) is 1. The molecular formula is C45H77NO7. The largest absolute Gasteiger partial charge is 0.481 e. The Labute approximate surface area is 322 Å². The van der Waals surface area contributed by atoms with Crippen LogP contribution in [0.15, 0.2) is 0 Å². The molecule has 9 atom stereocenters. The van der Waals surface area contributed by atoms with E-state index in [1.54, 1.807) is 21.0 Å². The number of fused-ring (bicyclic) bond motifs is 7. The molecule has 53 heavy (non-hydrogen) atoms. The molecule has 0 radical (unpaired) electrons. The highest BCUT2D eigenvalue weighted by Gasteiger charge is 2.71. The van der Waals surface area contributed by atoms with Gasteiger partial charge in [-0.05, 0) is 131 Å². The van der Waals surface area contributed by atoms with Crippen molar-refractivity contribution < 1.29 is 33.7 Å². The number of methoxy groups -OCH3 is 1. The molecule has 5 aliphatic carbocycles. The van der Waals surface area contributed by atoms with Crippen molar-refractivity contribution in [3.63, 3.8) is 0 Å². The van der Waals surface area contributed by atoms with E-state index in [1.165, 1.54) is 44.9 Å². The number of ether oxygens (including phenoxy) is 3. The Morgan fingerprint density at radius 2 is 1.43 bits per heavy atom. The molecule has 6 aliphatic rings. The molecule has 1 amide bonds. The molecular weight excluding hydrogens is 666 g/mol. The Kier molecular flexibility index (Phi) is 12.9. The summed E-state index contributed by atoms with van der Waals surface area (Å²) in [7, 11) is 1.71. The number of hydrogen-bond donors (Lipinski definition) is 1. The summed E-state index contributed by atoms with van der Waals surface area (Å²) in [6.45, 7) is 22.9.